The molecule has 0 saturated carbocycles. The standard InChI is InChI=1S/C9H17F2NO2S.C2H6/c1-3-8-4-7(2)5-12(6-8)15(13,14)9(10)11;1-2/h7-9H,3-6H2,1-2H3;1-2H3. The summed E-state index contributed by atoms with van der Waals surface area (Å²) in [7, 11) is -4.38. The Morgan fingerprint density at radius 1 is 1.29 bits per heavy atom. The second-order valence-electron chi connectivity index (χ2n) is 4.24. The highest BCUT2D eigenvalue weighted by Gasteiger charge is 2.36. The van der Waals surface area contributed by atoms with Gasteiger partial charge in [-0.1, -0.05) is 34.1 Å². The molecule has 0 N–H and O–H groups in total. The predicted octanol–water partition coefficient (Wildman–Crippen LogP) is 2.93. The van der Waals surface area contributed by atoms with Crippen LogP contribution in [0.4, 0.5) is 8.78 Å². The van der Waals surface area contributed by atoms with Crippen molar-refractivity contribution in [2.75, 3.05) is 13.1 Å². The highest BCUT2D eigenvalue weighted by molar-refractivity contribution is 7.89. The van der Waals surface area contributed by atoms with E-state index in [4.69, 9.17) is 0 Å². The number of sulfonamides is 1. The molecule has 0 amide bonds. The van der Waals surface area contributed by atoms with Gasteiger partial charge in [-0.3, -0.25) is 0 Å². The molecule has 2 unspecified atom stereocenters. The van der Waals surface area contributed by atoms with Gasteiger partial charge in [-0.15, -0.1) is 0 Å². The van der Waals surface area contributed by atoms with Gasteiger partial charge >= 0.3 is 5.76 Å². The van der Waals surface area contributed by atoms with Gasteiger partial charge in [-0.25, -0.2) is 8.42 Å². The zero-order chi connectivity index (χ0) is 13.6. The molecule has 0 aromatic carbocycles. The molecule has 104 valence electrons. The lowest BCUT2D eigenvalue weighted by Gasteiger charge is -2.34. The fourth-order valence-corrected chi connectivity index (χ4v) is 3.15. The third-order valence-corrected chi connectivity index (χ3v) is 4.34. The van der Waals surface area contributed by atoms with Gasteiger partial charge in [0.15, 0.2) is 0 Å². The average molecular weight is 271 g/mol. The van der Waals surface area contributed by atoms with E-state index in [1.807, 2.05) is 27.7 Å². The molecular formula is C11H23F2NO2S. The normalized spacial score (nSPS) is 26.5. The van der Waals surface area contributed by atoms with Gasteiger partial charge in [-0.2, -0.15) is 13.1 Å². The van der Waals surface area contributed by atoms with Crippen molar-refractivity contribution in [3.05, 3.63) is 0 Å². The molecule has 0 bridgehead atoms. The monoisotopic (exact) mass is 271 g/mol. The van der Waals surface area contributed by atoms with Crippen LogP contribution in [0.1, 0.15) is 40.5 Å². The minimum Gasteiger partial charge on any atom is -0.206 e. The minimum atomic E-state index is -4.38. The number of piperidine rings is 1. The fraction of sp³-hybridized carbons (Fsp3) is 1.00. The molecule has 0 aliphatic carbocycles. The SMILES string of the molecule is CC.CCC1CC(C)CN(S(=O)(=O)C(F)F)C1. The number of halogens is 2. The van der Waals surface area contributed by atoms with Crippen molar-refractivity contribution >= 4 is 10.0 Å². The van der Waals surface area contributed by atoms with Crippen LogP contribution in [0.25, 0.3) is 0 Å². The van der Waals surface area contributed by atoms with Gasteiger partial charge < -0.3 is 0 Å². The van der Waals surface area contributed by atoms with E-state index in [1.54, 1.807) is 0 Å². The highest BCUT2D eigenvalue weighted by Crippen LogP contribution is 2.27. The highest BCUT2D eigenvalue weighted by atomic mass is 32.2. The second kappa shape index (κ2) is 7.26. The quantitative estimate of drug-likeness (QED) is 0.791. The van der Waals surface area contributed by atoms with E-state index in [1.165, 1.54) is 0 Å². The van der Waals surface area contributed by atoms with Crippen LogP contribution >= 0.6 is 0 Å². The number of nitrogens with zero attached hydrogens (tertiary/aromatic N) is 1. The van der Waals surface area contributed by atoms with Crippen LogP contribution in [0.2, 0.25) is 0 Å². The Morgan fingerprint density at radius 3 is 2.24 bits per heavy atom. The summed E-state index contributed by atoms with van der Waals surface area (Å²) in [6, 6.07) is 0. The molecule has 1 heterocycles. The van der Waals surface area contributed by atoms with Crippen LogP contribution < -0.4 is 0 Å². The van der Waals surface area contributed by atoms with Gasteiger partial charge in [0.2, 0.25) is 0 Å². The Morgan fingerprint density at radius 2 is 1.82 bits per heavy atom. The Bertz CT molecular complexity index is 307. The average Bonchev–Trinajstić information content (AvgIpc) is 2.30. The summed E-state index contributed by atoms with van der Waals surface area (Å²) in [5, 5.41) is 0. The summed E-state index contributed by atoms with van der Waals surface area (Å²) in [6.45, 7) is 8.32. The molecule has 0 spiro atoms. The summed E-state index contributed by atoms with van der Waals surface area (Å²) < 4.78 is 48.1. The van der Waals surface area contributed by atoms with E-state index < -0.39 is 15.8 Å². The van der Waals surface area contributed by atoms with E-state index in [2.05, 4.69) is 0 Å². The van der Waals surface area contributed by atoms with Crippen LogP contribution in [0.5, 0.6) is 0 Å². The molecule has 0 aromatic rings. The maximum atomic E-state index is 12.3. The predicted molar refractivity (Wildman–Crippen MR) is 65.4 cm³/mol. The molecule has 17 heavy (non-hydrogen) atoms. The molecule has 1 aliphatic heterocycles. The lowest BCUT2D eigenvalue weighted by Crippen LogP contribution is -2.45. The molecule has 0 aromatic heterocycles. The van der Waals surface area contributed by atoms with Crippen LogP contribution in [-0.4, -0.2) is 31.6 Å². The molecule has 3 nitrogen and oxygen atoms in total. The van der Waals surface area contributed by atoms with Crippen LogP contribution in [0.3, 0.4) is 0 Å². The zero-order valence-corrected chi connectivity index (χ0v) is 11.8. The number of hydrogen-bond acceptors (Lipinski definition) is 2. The Balaban J connectivity index is 0.00000121. The van der Waals surface area contributed by atoms with E-state index in [9.17, 15) is 17.2 Å². The summed E-state index contributed by atoms with van der Waals surface area (Å²) in [5.41, 5.74) is 0. The van der Waals surface area contributed by atoms with Gasteiger partial charge in [-0.05, 0) is 18.3 Å². The molecule has 0 radical (unpaired) electrons. The first-order valence-corrected chi connectivity index (χ1v) is 7.65. The minimum absolute atomic E-state index is 0.164. The van der Waals surface area contributed by atoms with Crippen LogP contribution in [0, 0.1) is 11.8 Å². The van der Waals surface area contributed by atoms with Crippen molar-refractivity contribution in [2.24, 2.45) is 11.8 Å². The molecule has 2 atom stereocenters. The lowest BCUT2D eigenvalue weighted by atomic mass is 9.90. The third kappa shape index (κ3) is 4.50. The third-order valence-electron chi connectivity index (χ3n) is 2.88. The first-order chi connectivity index (χ1) is 7.87. The van der Waals surface area contributed by atoms with Crippen LogP contribution in [0.15, 0.2) is 0 Å². The van der Waals surface area contributed by atoms with Gasteiger partial charge in [0.25, 0.3) is 10.0 Å². The van der Waals surface area contributed by atoms with Gasteiger partial charge in [0.05, 0.1) is 0 Å². The molecule has 1 rings (SSSR count). The Hall–Kier alpha value is -0.230. The first-order valence-electron chi connectivity index (χ1n) is 6.15. The smallest absolute Gasteiger partial charge is 0.206 e. The largest absolute Gasteiger partial charge is 0.350 e. The van der Waals surface area contributed by atoms with E-state index in [-0.39, 0.29) is 24.9 Å². The first kappa shape index (κ1) is 16.8. The molecule has 1 fully saturated rings. The maximum absolute atomic E-state index is 12.3. The van der Waals surface area contributed by atoms with Crippen LogP contribution in [-0.2, 0) is 10.0 Å². The van der Waals surface area contributed by atoms with Crippen molar-refractivity contribution < 1.29 is 17.2 Å². The lowest BCUT2D eigenvalue weighted by molar-refractivity contribution is 0.176. The number of alkyl halides is 2. The number of hydrogen-bond donors (Lipinski definition) is 0. The molecular weight excluding hydrogens is 248 g/mol. The Kier molecular flexibility index (Phi) is 7.16. The van der Waals surface area contributed by atoms with Crippen molar-refractivity contribution in [1.82, 2.24) is 4.31 Å². The summed E-state index contributed by atoms with van der Waals surface area (Å²) >= 11 is 0. The van der Waals surface area contributed by atoms with E-state index in [0.29, 0.717) is 0 Å². The molecule has 6 heteroatoms. The van der Waals surface area contributed by atoms with Crippen molar-refractivity contribution in [2.45, 2.75) is 46.3 Å². The summed E-state index contributed by atoms with van der Waals surface area (Å²) in [4.78, 5) is 0. The number of rotatable bonds is 3. The van der Waals surface area contributed by atoms with E-state index >= 15 is 0 Å². The fourth-order valence-electron chi connectivity index (χ4n) is 2.04. The zero-order valence-electron chi connectivity index (χ0n) is 11.0. The van der Waals surface area contributed by atoms with Crippen molar-refractivity contribution in [1.29, 1.82) is 0 Å². The maximum Gasteiger partial charge on any atom is 0.350 e. The van der Waals surface area contributed by atoms with E-state index in [0.717, 1.165) is 17.1 Å². The summed E-state index contributed by atoms with van der Waals surface area (Å²) in [6.07, 6.45) is 1.76. The summed E-state index contributed by atoms with van der Waals surface area (Å²) in [5.74, 6) is -2.92. The molecule has 1 saturated heterocycles. The van der Waals surface area contributed by atoms with Crippen molar-refractivity contribution in [3.63, 3.8) is 0 Å². The molecule has 1 aliphatic rings. The Labute approximate surface area is 103 Å². The van der Waals surface area contributed by atoms with Crippen molar-refractivity contribution in [3.8, 4) is 0 Å². The van der Waals surface area contributed by atoms with Gasteiger partial charge in [0.1, 0.15) is 0 Å². The topological polar surface area (TPSA) is 37.4 Å². The second-order valence-corrected chi connectivity index (χ2v) is 6.14. The van der Waals surface area contributed by atoms with Gasteiger partial charge in [0, 0.05) is 13.1 Å².